The number of quaternary nitrogens is 1. The molecule has 0 aromatic rings. The van der Waals surface area contributed by atoms with Gasteiger partial charge in [0.1, 0.15) is 19.8 Å². The van der Waals surface area contributed by atoms with E-state index in [1.165, 1.54) is 116 Å². The molecule has 0 heterocycles. The fraction of sp³-hybridized carbons (Fsp3) is 0.826. The van der Waals surface area contributed by atoms with Gasteiger partial charge in [-0.1, -0.05) is 159 Å². The lowest BCUT2D eigenvalue weighted by atomic mass is 10.0. The zero-order valence-electron chi connectivity index (χ0n) is 36.7. The largest absolute Gasteiger partial charge is 0.472 e. The van der Waals surface area contributed by atoms with Gasteiger partial charge < -0.3 is 18.9 Å². The zero-order valence-corrected chi connectivity index (χ0v) is 37.6. The lowest BCUT2D eigenvalue weighted by Crippen LogP contribution is -2.37. The first-order chi connectivity index (χ1) is 27.0. The number of unbranched alkanes of at least 4 members (excludes halogenated alkanes) is 23. The topological polar surface area (TPSA) is 108 Å². The van der Waals surface area contributed by atoms with Crippen molar-refractivity contribution in [3.63, 3.8) is 0 Å². The molecule has 0 aromatic carbocycles. The molecule has 1 N–H and O–H groups in total. The number of carbonyl (C=O) groups is 2. The smallest absolute Gasteiger partial charge is 0.462 e. The molecule has 0 fully saturated rings. The number of hydrogen-bond donors (Lipinski definition) is 1. The number of phosphoric ester groups is 1. The van der Waals surface area contributed by atoms with Crippen LogP contribution in [0.4, 0.5) is 0 Å². The van der Waals surface area contributed by atoms with Gasteiger partial charge in [0, 0.05) is 12.8 Å². The molecular weight excluding hydrogens is 725 g/mol. The number of phosphoric acid groups is 1. The van der Waals surface area contributed by atoms with Crippen molar-refractivity contribution >= 4 is 19.8 Å². The minimum atomic E-state index is -4.38. The van der Waals surface area contributed by atoms with E-state index in [1.807, 2.05) is 27.2 Å². The van der Waals surface area contributed by atoms with Crippen LogP contribution in [0.25, 0.3) is 0 Å². The predicted octanol–water partition coefficient (Wildman–Crippen LogP) is 12.9. The highest BCUT2D eigenvalue weighted by molar-refractivity contribution is 7.47. The molecule has 0 aliphatic carbocycles. The summed E-state index contributed by atoms with van der Waals surface area (Å²) in [6.07, 6.45) is 42.3. The molecule has 10 heteroatoms. The Bertz CT molecular complexity index is 1040. The molecule has 0 aliphatic heterocycles. The number of hydrogen-bond acceptors (Lipinski definition) is 7. The van der Waals surface area contributed by atoms with Gasteiger partial charge in [-0.05, 0) is 51.4 Å². The van der Waals surface area contributed by atoms with Crippen molar-refractivity contribution in [1.82, 2.24) is 0 Å². The molecule has 0 saturated carbocycles. The summed E-state index contributed by atoms with van der Waals surface area (Å²) in [7, 11) is 1.45. The molecule has 0 spiro atoms. The van der Waals surface area contributed by atoms with E-state index in [4.69, 9.17) is 18.5 Å². The van der Waals surface area contributed by atoms with Crippen LogP contribution in [0, 0.1) is 0 Å². The van der Waals surface area contributed by atoms with Gasteiger partial charge in [-0.2, -0.15) is 0 Å². The Morgan fingerprint density at radius 3 is 1.59 bits per heavy atom. The number of likely N-dealkylation sites (N-methyl/N-ethyl adjacent to an activating group) is 1. The molecule has 0 rings (SSSR count). The van der Waals surface area contributed by atoms with Gasteiger partial charge in [-0.15, -0.1) is 6.58 Å². The third-order valence-electron chi connectivity index (χ3n) is 9.79. The Balaban J connectivity index is 4.37. The van der Waals surface area contributed by atoms with Crippen LogP contribution in [0.3, 0.4) is 0 Å². The molecule has 0 saturated heterocycles. The maximum atomic E-state index is 12.7. The second kappa shape index (κ2) is 38.7. The number of esters is 2. The standard InChI is InChI=1S/C46H86NO8P/c1-6-8-10-12-14-16-18-20-22-23-25-26-28-30-32-34-36-38-45(48)52-42-44(43-54-56(50,51)53-41-40-47(3,4)5)55-46(49)39-37-35-33-31-29-27-24-21-19-17-15-13-11-9-7-2/h7,25-26,30,32,44H,2,6,8-24,27-29,31,33-43H2,1,3-5H3/p+1/b26-25+,32-30+/t44-/m1/s1. The van der Waals surface area contributed by atoms with Crippen LogP contribution in [-0.2, 0) is 32.7 Å². The van der Waals surface area contributed by atoms with Crippen molar-refractivity contribution in [1.29, 1.82) is 0 Å². The fourth-order valence-corrected chi connectivity index (χ4v) is 6.95. The molecular formula is C46H87NO8P+. The predicted molar refractivity (Wildman–Crippen MR) is 234 cm³/mol. The Morgan fingerprint density at radius 2 is 1.07 bits per heavy atom. The van der Waals surface area contributed by atoms with E-state index in [-0.39, 0.29) is 26.1 Å². The van der Waals surface area contributed by atoms with E-state index < -0.39 is 32.5 Å². The van der Waals surface area contributed by atoms with Gasteiger partial charge in [0.2, 0.25) is 0 Å². The first kappa shape index (κ1) is 54.2. The quantitative estimate of drug-likeness (QED) is 0.0213. The molecule has 328 valence electrons. The van der Waals surface area contributed by atoms with Gasteiger partial charge in [0.15, 0.2) is 6.10 Å². The van der Waals surface area contributed by atoms with Crippen molar-refractivity contribution < 1.29 is 42.1 Å². The number of ether oxygens (including phenoxy) is 2. The summed E-state index contributed by atoms with van der Waals surface area (Å²) in [6, 6.07) is 0. The maximum Gasteiger partial charge on any atom is 0.472 e. The van der Waals surface area contributed by atoms with Gasteiger partial charge in [0.05, 0.1) is 27.7 Å². The summed E-state index contributed by atoms with van der Waals surface area (Å²) < 4.78 is 34.3. The van der Waals surface area contributed by atoms with Crippen molar-refractivity contribution in [2.24, 2.45) is 0 Å². The lowest BCUT2D eigenvalue weighted by Gasteiger charge is -2.24. The Labute approximate surface area is 344 Å². The summed E-state index contributed by atoms with van der Waals surface area (Å²) in [5.74, 6) is -0.851. The van der Waals surface area contributed by atoms with Crippen LogP contribution >= 0.6 is 7.82 Å². The molecule has 0 aliphatic rings. The second-order valence-electron chi connectivity index (χ2n) is 16.5. The average molecular weight is 813 g/mol. The molecule has 56 heavy (non-hydrogen) atoms. The van der Waals surface area contributed by atoms with Crippen LogP contribution in [0.5, 0.6) is 0 Å². The molecule has 0 radical (unpaired) electrons. The minimum absolute atomic E-state index is 0.0253. The lowest BCUT2D eigenvalue weighted by molar-refractivity contribution is -0.870. The Morgan fingerprint density at radius 1 is 0.607 bits per heavy atom. The van der Waals surface area contributed by atoms with Crippen molar-refractivity contribution in [3.8, 4) is 0 Å². The Hall–Kier alpha value is -1.77. The maximum absolute atomic E-state index is 12.7. The third kappa shape index (κ3) is 41.9. The SMILES string of the molecule is C=CCCCCCCCCCCCCCCCC(=O)O[C@H](COC(=O)CCC/C=C/C/C=C/CCCCCCCCCCC)COP(=O)(O)OCC[N+](C)(C)C. The number of allylic oxidation sites excluding steroid dienone is 5. The highest BCUT2D eigenvalue weighted by Crippen LogP contribution is 2.43. The normalized spacial score (nSPS) is 13.7. The van der Waals surface area contributed by atoms with Crippen molar-refractivity contribution in [3.05, 3.63) is 37.0 Å². The van der Waals surface area contributed by atoms with Crippen LogP contribution < -0.4 is 0 Å². The fourth-order valence-electron chi connectivity index (χ4n) is 6.21. The monoisotopic (exact) mass is 813 g/mol. The van der Waals surface area contributed by atoms with Crippen LogP contribution in [-0.4, -0.2) is 74.9 Å². The van der Waals surface area contributed by atoms with E-state index in [0.717, 1.165) is 44.9 Å². The number of nitrogens with zero attached hydrogens (tertiary/aromatic N) is 1. The number of rotatable bonds is 42. The molecule has 9 nitrogen and oxygen atoms in total. The summed E-state index contributed by atoms with van der Waals surface area (Å²) in [5, 5.41) is 0. The summed E-state index contributed by atoms with van der Waals surface area (Å²) in [4.78, 5) is 35.4. The summed E-state index contributed by atoms with van der Waals surface area (Å²) >= 11 is 0. The van der Waals surface area contributed by atoms with E-state index in [9.17, 15) is 19.0 Å². The molecule has 1 unspecified atom stereocenters. The molecule has 0 amide bonds. The van der Waals surface area contributed by atoms with Gasteiger partial charge in [-0.3, -0.25) is 18.6 Å². The van der Waals surface area contributed by atoms with E-state index in [0.29, 0.717) is 23.9 Å². The highest BCUT2D eigenvalue weighted by atomic mass is 31.2. The van der Waals surface area contributed by atoms with Gasteiger partial charge in [-0.25, -0.2) is 4.57 Å². The average Bonchev–Trinajstić information content (AvgIpc) is 3.15. The molecule has 0 aromatic heterocycles. The van der Waals surface area contributed by atoms with E-state index >= 15 is 0 Å². The Kier molecular flexibility index (Phi) is 37.5. The van der Waals surface area contributed by atoms with Gasteiger partial charge in [0.25, 0.3) is 0 Å². The zero-order chi connectivity index (χ0) is 41.4. The van der Waals surface area contributed by atoms with Crippen LogP contribution in [0.15, 0.2) is 37.0 Å². The van der Waals surface area contributed by atoms with E-state index in [2.05, 4.69) is 37.8 Å². The second-order valence-corrected chi connectivity index (χ2v) is 18.0. The summed E-state index contributed by atoms with van der Waals surface area (Å²) in [6.45, 7) is 5.90. The molecule has 2 atom stereocenters. The van der Waals surface area contributed by atoms with Crippen LogP contribution in [0.1, 0.15) is 193 Å². The van der Waals surface area contributed by atoms with Gasteiger partial charge >= 0.3 is 19.8 Å². The van der Waals surface area contributed by atoms with Crippen molar-refractivity contribution in [2.75, 3.05) is 47.5 Å². The third-order valence-corrected chi connectivity index (χ3v) is 10.8. The first-order valence-corrected chi connectivity index (χ1v) is 24.2. The minimum Gasteiger partial charge on any atom is -0.462 e. The van der Waals surface area contributed by atoms with E-state index in [1.54, 1.807) is 0 Å². The first-order valence-electron chi connectivity index (χ1n) is 22.7. The van der Waals surface area contributed by atoms with Crippen molar-refractivity contribution in [2.45, 2.75) is 199 Å². The summed E-state index contributed by atoms with van der Waals surface area (Å²) in [5.41, 5.74) is 0. The van der Waals surface area contributed by atoms with Crippen LogP contribution in [0.2, 0.25) is 0 Å². The molecule has 0 bridgehead atoms. The number of carbonyl (C=O) groups excluding carboxylic acids is 2. The highest BCUT2D eigenvalue weighted by Gasteiger charge is 2.27.